The van der Waals surface area contributed by atoms with Crippen molar-refractivity contribution in [2.75, 3.05) is 32.7 Å². The van der Waals surface area contributed by atoms with E-state index in [1.54, 1.807) is 20.3 Å². The molecule has 0 saturated heterocycles. The Morgan fingerprint density at radius 1 is 1.50 bits per heavy atom. The van der Waals surface area contributed by atoms with Gasteiger partial charge in [-0.2, -0.15) is 0 Å². The van der Waals surface area contributed by atoms with Gasteiger partial charge in [-0.1, -0.05) is 23.8 Å². The van der Waals surface area contributed by atoms with Crippen LogP contribution in [-0.4, -0.2) is 38.5 Å². The van der Waals surface area contributed by atoms with Gasteiger partial charge >= 0.3 is 0 Å². The number of nitrogens with two attached hydrogens (primary N) is 1. The lowest BCUT2D eigenvalue weighted by Crippen LogP contribution is -2.26. The lowest BCUT2D eigenvalue weighted by molar-refractivity contribution is 0.0365. The van der Waals surface area contributed by atoms with Crippen LogP contribution in [0, 0.1) is 0 Å². The Hall–Kier alpha value is -0.880. The highest BCUT2D eigenvalue weighted by molar-refractivity contribution is 7.80. The molecule has 1 atom stereocenters. The summed E-state index contributed by atoms with van der Waals surface area (Å²) in [6.07, 6.45) is -0.0265. The lowest BCUT2D eigenvalue weighted by atomic mass is 10.2. The summed E-state index contributed by atoms with van der Waals surface area (Å²) in [7, 11) is 3.28. The van der Waals surface area contributed by atoms with E-state index in [1.807, 2.05) is 12.1 Å². The van der Waals surface area contributed by atoms with Gasteiger partial charge in [0.2, 0.25) is 0 Å². The van der Waals surface area contributed by atoms with Crippen molar-refractivity contribution >= 4 is 34.5 Å². The maximum absolute atomic E-state index is 6.13. The summed E-state index contributed by atoms with van der Waals surface area (Å²) in [6, 6.07) is 5.41. The highest BCUT2D eigenvalue weighted by atomic mass is 35.5. The first kappa shape index (κ1) is 15.2. The predicted octanol–water partition coefficient (Wildman–Crippen LogP) is 2.05. The van der Waals surface area contributed by atoms with Crippen molar-refractivity contribution in [1.29, 1.82) is 0 Å². The summed E-state index contributed by atoms with van der Waals surface area (Å²) < 4.78 is 10.3. The number of nitrogens with one attached hydrogen (secondary N) is 1. The first-order valence-electron chi connectivity index (χ1n) is 5.43. The van der Waals surface area contributed by atoms with Crippen LogP contribution in [0.3, 0.4) is 0 Å². The number of methoxy groups -OCH3 is 2. The zero-order valence-corrected chi connectivity index (χ0v) is 12.0. The molecule has 0 saturated carbocycles. The Morgan fingerprint density at radius 3 is 2.72 bits per heavy atom. The molecule has 3 N–H and O–H groups in total. The largest absolute Gasteiger partial charge is 0.389 e. The molecule has 0 aliphatic rings. The highest BCUT2D eigenvalue weighted by Crippen LogP contribution is 2.23. The first-order chi connectivity index (χ1) is 8.58. The van der Waals surface area contributed by atoms with Crippen LogP contribution in [0.15, 0.2) is 18.2 Å². The van der Waals surface area contributed by atoms with E-state index < -0.39 is 0 Å². The Bertz CT molecular complexity index is 415. The Labute approximate surface area is 117 Å². The maximum Gasteiger partial charge on any atom is 0.104 e. The molecule has 0 amide bonds. The Morgan fingerprint density at radius 2 is 2.22 bits per heavy atom. The quantitative estimate of drug-likeness (QED) is 0.752. The second kappa shape index (κ2) is 7.53. The summed E-state index contributed by atoms with van der Waals surface area (Å²) >= 11 is 11.0. The smallest absolute Gasteiger partial charge is 0.104 e. The van der Waals surface area contributed by atoms with Crippen LogP contribution >= 0.6 is 23.8 Å². The van der Waals surface area contributed by atoms with Gasteiger partial charge in [-0.05, 0) is 18.2 Å². The molecule has 1 rings (SSSR count). The molecule has 0 heterocycles. The topological polar surface area (TPSA) is 56.5 Å². The van der Waals surface area contributed by atoms with Crippen molar-refractivity contribution in [3.05, 3.63) is 28.8 Å². The molecule has 0 aliphatic heterocycles. The standard InChI is InChI=1S/C12H17ClN2O2S/c1-16-7-9(17-2)6-15-11-4-3-8(12(14)18)5-10(11)13/h3-5,9,15H,6-7H2,1-2H3,(H2,14,18). The van der Waals surface area contributed by atoms with Crippen LogP contribution < -0.4 is 11.1 Å². The van der Waals surface area contributed by atoms with Crippen molar-refractivity contribution in [3.63, 3.8) is 0 Å². The molecule has 6 heteroatoms. The van der Waals surface area contributed by atoms with Crippen LogP contribution in [0.4, 0.5) is 5.69 Å². The number of hydrogen-bond donors (Lipinski definition) is 2. The van der Waals surface area contributed by atoms with Crippen LogP contribution in [-0.2, 0) is 9.47 Å². The average Bonchev–Trinajstić information content (AvgIpc) is 2.35. The molecule has 0 aliphatic carbocycles. The van der Waals surface area contributed by atoms with Gasteiger partial charge in [-0.25, -0.2) is 0 Å². The van der Waals surface area contributed by atoms with Gasteiger partial charge in [0.15, 0.2) is 0 Å². The predicted molar refractivity (Wildman–Crippen MR) is 78.5 cm³/mol. The van der Waals surface area contributed by atoms with Crippen molar-refractivity contribution in [3.8, 4) is 0 Å². The van der Waals surface area contributed by atoms with E-state index in [1.165, 1.54) is 0 Å². The van der Waals surface area contributed by atoms with Gasteiger partial charge in [0.1, 0.15) is 4.99 Å². The summed E-state index contributed by atoms with van der Waals surface area (Å²) in [6.45, 7) is 1.13. The number of anilines is 1. The van der Waals surface area contributed by atoms with E-state index in [4.69, 9.17) is 39.0 Å². The van der Waals surface area contributed by atoms with E-state index in [-0.39, 0.29) is 6.10 Å². The van der Waals surface area contributed by atoms with Gasteiger partial charge in [0.05, 0.1) is 23.4 Å². The average molecular weight is 289 g/mol. The SMILES string of the molecule is COCC(CNc1ccc(C(N)=S)cc1Cl)OC. The van der Waals surface area contributed by atoms with E-state index in [9.17, 15) is 0 Å². The van der Waals surface area contributed by atoms with Crippen LogP contribution in [0.25, 0.3) is 0 Å². The molecule has 4 nitrogen and oxygen atoms in total. The summed E-state index contributed by atoms with van der Waals surface area (Å²) in [5.74, 6) is 0. The van der Waals surface area contributed by atoms with Gasteiger partial charge in [-0.15, -0.1) is 0 Å². The fourth-order valence-corrected chi connectivity index (χ4v) is 1.81. The normalized spacial score (nSPS) is 12.2. The molecular formula is C12H17ClN2O2S. The lowest BCUT2D eigenvalue weighted by Gasteiger charge is -2.16. The van der Waals surface area contributed by atoms with Gasteiger partial charge in [0, 0.05) is 26.3 Å². The number of thiocarbonyl (C=S) groups is 1. The minimum atomic E-state index is -0.0265. The van der Waals surface area contributed by atoms with E-state index in [0.717, 1.165) is 11.3 Å². The molecule has 1 aromatic carbocycles. The number of hydrogen-bond acceptors (Lipinski definition) is 4. The van der Waals surface area contributed by atoms with Crippen molar-refractivity contribution < 1.29 is 9.47 Å². The molecule has 1 aromatic rings. The van der Waals surface area contributed by atoms with Gasteiger partial charge in [0.25, 0.3) is 0 Å². The third kappa shape index (κ3) is 4.42. The maximum atomic E-state index is 6.13. The number of ether oxygens (including phenoxy) is 2. The van der Waals surface area contributed by atoms with Crippen LogP contribution in [0.1, 0.15) is 5.56 Å². The number of halogens is 1. The number of rotatable bonds is 7. The second-order valence-corrected chi connectivity index (χ2v) is 4.60. The van der Waals surface area contributed by atoms with Gasteiger partial charge < -0.3 is 20.5 Å². The third-order valence-electron chi connectivity index (χ3n) is 2.46. The van der Waals surface area contributed by atoms with Crippen LogP contribution in [0.5, 0.6) is 0 Å². The molecule has 100 valence electrons. The highest BCUT2D eigenvalue weighted by Gasteiger charge is 2.08. The third-order valence-corrected chi connectivity index (χ3v) is 3.01. The minimum absolute atomic E-state index is 0.0265. The molecule has 1 unspecified atom stereocenters. The molecule has 0 bridgehead atoms. The van der Waals surface area contributed by atoms with Crippen molar-refractivity contribution in [1.82, 2.24) is 0 Å². The zero-order chi connectivity index (χ0) is 13.5. The molecule has 0 radical (unpaired) electrons. The van der Waals surface area contributed by atoms with Crippen molar-refractivity contribution in [2.45, 2.75) is 6.10 Å². The fraction of sp³-hybridized carbons (Fsp3) is 0.417. The van der Waals surface area contributed by atoms with E-state index >= 15 is 0 Å². The fourth-order valence-electron chi connectivity index (χ4n) is 1.43. The van der Waals surface area contributed by atoms with E-state index in [0.29, 0.717) is 23.2 Å². The summed E-state index contributed by atoms with van der Waals surface area (Å²) in [5.41, 5.74) is 7.10. The summed E-state index contributed by atoms with van der Waals surface area (Å²) in [4.78, 5) is 0.331. The Balaban J connectivity index is 2.65. The van der Waals surface area contributed by atoms with E-state index in [2.05, 4.69) is 5.32 Å². The first-order valence-corrected chi connectivity index (χ1v) is 6.22. The Kier molecular flexibility index (Phi) is 6.35. The number of benzene rings is 1. The molecular weight excluding hydrogens is 272 g/mol. The molecule has 18 heavy (non-hydrogen) atoms. The van der Waals surface area contributed by atoms with Crippen LogP contribution in [0.2, 0.25) is 5.02 Å². The summed E-state index contributed by atoms with van der Waals surface area (Å²) in [5, 5.41) is 3.77. The molecule has 0 fully saturated rings. The second-order valence-electron chi connectivity index (χ2n) is 3.75. The van der Waals surface area contributed by atoms with Gasteiger partial charge in [-0.3, -0.25) is 0 Å². The molecule has 0 aromatic heterocycles. The van der Waals surface area contributed by atoms with Crippen molar-refractivity contribution in [2.24, 2.45) is 5.73 Å². The zero-order valence-electron chi connectivity index (χ0n) is 10.4. The molecule has 0 spiro atoms. The monoisotopic (exact) mass is 288 g/mol. The minimum Gasteiger partial charge on any atom is -0.389 e.